The number of nitrogens with one attached hydrogen (secondary N) is 1. The second-order valence-electron chi connectivity index (χ2n) is 4.86. The summed E-state index contributed by atoms with van der Waals surface area (Å²) in [6, 6.07) is 11.7. The Balaban J connectivity index is 1.90. The summed E-state index contributed by atoms with van der Waals surface area (Å²) in [6.07, 6.45) is 4.44. The van der Waals surface area contributed by atoms with Crippen LogP contribution in [0.15, 0.2) is 47.1 Å². The SMILES string of the molecule is NNC(c1cccc(OC2CC2)c1)c1ncccc1Br. The van der Waals surface area contributed by atoms with E-state index >= 15 is 0 Å². The predicted molar refractivity (Wildman–Crippen MR) is 81.2 cm³/mol. The summed E-state index contributed by atoms with van der Waals surface area (Å²) in [5.41, 5.74) is 4.72. The molecule has 1 aromatic carbocycles. The molecular weight excluding hydrogens is 318 g/mol. The summed E-state index contributed by atoms with van der Waals surface area (Å²) in [5, 5.41) is 0. The quantitative estimate of drug-likeness (QED) is 0.652. The van der Waals surface area contributed by atoms with Crippen molar-refractivity contribution in [2.24, 2.45) is 5.84 Å². The van der Waals surface area contributed by atoms with Gasteiger partial charge in [0, 0.05) is 10.7 Å². The van der Waals surface area contributed by atoms with E-state index in [-0.39, 0.29) is 6.04 Å². The van der Waals surface area contributed by atoms with Gasteiger partial charge in [-0.15, -0.1) is 0 Å². The largest absolute Gasteiger partial charge is 0.490 e. The zero-order chi connectivity index (χ0) is 13.9. The Morgan fingerprint density at radius 1 is 1.30 bits per heavy atom. The zero-order valence-corrected chi connectivity index (χ0v) is 12.5. The molecule has 4 nitrogen and oxygen atoms in total. The number of halogens is 1. The fraction of sp³-hybridized carbons (Fsp3) is 0.267. The van der Waals surface area contributed by atoms with Crippen LogP contribution < -0.4 is 16.0 Å². The molecule has 5 heteroatoms. The smallest absolute Gasteiger partial charge is 0.120 e. The summed E-state index contributed by atoms with van der Waals surface area (Å²) < 4.78 is 6.75. The van der Waals surface area contributed by atoms with E-state index in [0.717, 1.165) is 34.3 Å². The maximum atomic E-state index is 5.83. The molecule has 0 spiro atoms. The van der Waals surface area contributed by atoms with Crippen molar-refractivity contribution in [1.29, 1.82) is 0 Å². The van der Waals surface area contributed by atoms with Crippen molar-refractivity contribution in [3.05, 3.63) is 58.3 Å². The minimum Gasteiger partial charge on any atom is -0.490 e. The van der Waals surface area contributed by atoms with E-state index in [1.54, 1.807) is 6.20 Å². The Bertz CT molecular complexity index is 601. The summed E-state index contributed by atoms with van der Waals surface area (Å²) in [5.74, 6) is 6.60. The third-order valence-corrected chi connectivity index (χ3v) is 3.92. The van der Waals surface area contributed by atoms with E-state index in [1.807, 2.05) is 36.4 Å². The molecule has 3 rings (SSSR count). The lowest BCUT2D eigenvalue weighted by Crippen LogP contribution is -2.29. The third kappa shape index (κ3) is 3.00. The van der Waals surface area contributed by atoms with Gasteiger partial charge in [0.05, 0.1) is 17.8 Å². The lowest BCUT2D eigenvalue weighted by molar-refractivity contribution is 0.302. The van der Waals surface area contributed by atoms with E-state index in [9.17, 15) is 0 Å². The third-order valence-electron chi connectivity index (χ3n) is 3.25. The van der Waals surface area contributed by atoms with Gasteiger partial charge in [-0.2, -0.15) is 0 Å². The lowest BCUT2D eigenvalue weighted by Gasteiger charge is -2.18. The molecule has 104 valence electrons. The molecule has 0 aliphatic heterocycles. The predicted octanol–water partition coefficient (Wildman–Crippen LogP) is 2.94. The number of benzene rings is 1. The van der Waals surface area contributed by atoms with Gasteiger partial charge < -0.3 is 4.74 Å². The minimum atomic E-state index is -0.173. The highest BCUT2D eigenvalue weighted by atomic mass is 79.9. The number of ether oxygens (including phenoxy) is 1. The molecule has 0 saturated heterocycles. The van der Waals surface area contributed by atoms with Crippen molar-refractivity contribution in [3.63, 3.8) is 0 Å². The topological polar surface area (TPSA) is 60.2 Å². The molecule has 1 saturated carbocycles. The molecule has 3 N–H and O–H groups in total. The van der Waals surface area contributed by atoms with Crippen LogP contribution in [0.5, 0.6) is 5.75 Å². The van der Waals surface area contributed by atoms with Gasteiger partial charge in [-0.1, -0.05) is 12.1 Å². The fourth-order valence-corrected chi connectivity index (χ4v) is 2.57. The Labute approximate surface area is 126 Å². The molecule has 20 heavy (non-hydrogen) atoms. The second-order valence-corrected chi connectivity index (χ2v) is 5.71. The van der Waals surface area contributed by atoms with Crippen LogP contribution in [-0.4, -0.2) is 11.1 Å². The van der Waals surface area contributed by atoms with Crippen LogP contribution in [0.2, 0.25) is 0 Å². The van der Waals surface area contributed by atoms with Crippen LogP contribution in [-0.2, 0) is 0 Å². The van der Waals surface area contributed by atoms with Crippen LogP contribution >= 0.6 is 15.9 Å². The molecule has 1 aromatic heterocycles. The minimum absolute atomic E-state index is 0.173. The van der Waals surface area contributed by atoms with Gasteiger partial charge in [0.15, 0.2) is 0 Å². The van der Waals surface area contributed by atoms with Crippen LogP contribution in [0.4, 0.5) is 0 Å². The lowest BCUT2D eigenvalue weighted by atomic mass is 10.0. The van der Waals surface area contributed by atoms with Crippen molar-refractivity contribution in [2.75, 3.05) is 0 Å². The van der Waals surface area contributed by atoms with Gasteiger partial charge in [-0.3, -0.25) is 10.8 Å². The molecular formula is C15H16BrN3O. The number of hydrazine groups is 1. The normalized spacial score (nSPS) is 15.9. The summed E-state index contributed by atoms with van der Waals surface area (Å²) in [4.78, 5) is 4.40. The van der Waals surface area contributed by atoms with Gasteiger partial charge in [0.1, 0.15) is 5.75 Å². The van der Waals surface area contributed by atoms with Gasteiger partial charge in [-0.05, 0) is 58.6 Å². The number of nitrogens with two attached hydrogens (primary N) is 1. The van der Waals surface area contributed by atoms with Crippen LogP contribution in [0, 0.1) is 0 Å². The van der Waals surface area contributed by atoms with Crippen LogP contribution in [0.3, 0.4) is 0 Å². The fourth-order valence-electron chi connectivity index (χ4n) is 2.09. The first kappa shape index (κ1) is 13.5. The molecule has 1 heterocycles. The molecule has 0 radical (unpaired) electrons. The highest BCUT2D eigenvalue weighted by molar-refractivity contribution is 9.10. The van der Waals surface area contributed by atoms with Crippen molar-refractivity contribution >= 4 is 15.9 Å². The highest BCUT2D eigenvalue weighted by Crippen LogP contribution is 2.31. The molecule has 1 aliphatic rings. The Kier molecular flexibility index (Phi) is 4.00. The molecule has 2 aromatic rings. The Morgan fingerprint density at radius 3 is 2.85 bits per heavy atom. The second kappa shape index (κ2) is 5.91. The van der Waals surface area contributed by atoms with E-state index in [4.69, 9.17) is 10.6 Å². The van der Waals surface area contributed by atoms with E-state index < -0.39 is 0 Å². The summed E-state index contributed by atoms with van der Waals surface area (Å²) >= 11 is 3.51. The first-order chi connectivity index (χ1) is 9.78. The van der Waals surface area contributed by atoms with Crippen molar-refractivity contribution in [2.45, 2.75) is 25.0 Å². The maximum absolute atomic E-state index is 5.83. The molecule has 1 unspecified atom stereocenters. The maximum Gasteiger partial charge on any atom is 0.120 e. The van der Waals surface area contributed by atoms with E-state index in [2.05, 4.69) is 26.3 Å². The van der Waals surface area contributed by atoms with Gasteiger partial charge in [-0.25, -0.2) is 5.43 Å². The molecule has 1 aliphatic carbocycles. The molecule has 0 amide bonds. The number of rotatable bonds is 5. The van der Waals surface area contributed by atoms with E-state index in [1.165, 1.54) is 0 Å². The average molecular weight is 334 g/mol. The number of pyridine rings is 1. The standard InChI is InChI=1S/C15H16BrN3O/c16-13-5-2-8-18-15(13)14(19-17)10-3-1-4-12(9-10)20-11-6-7-11/h1-5,8-9,11,14,19H,6-7,17H2. The highest BCUT2D eigenvalue weighted by Gasteiger charge is 2.24. The summed E-state index contributed by atoms with van der Waals surface area (Å²) in [6.45, 7) is 0. The van der Waals surface area contributed by atoms with Crippen molar-refractivity contribution in [1.82, 2.24) is 10.4 Å². The first-order valence-electron chi connectivity index (χ1n) is 6.61. The van der Waals surface area contributed by atoms with Crippen LogP contribution in [0.25, 0.3) is 0 Å². The Morgan fingerprint density at radius 2 is 2.15 bits per heavy atom. The summed E-state index contributed by atoms with van der Waals surface area (Å²) in [7, 11) is 0. The number of hydrogen-bond donors (Lipinski definition) is 2. The van der Waals surface area contributed by atoms with Crippen LogP contribution in [0.1, 0.15) is 30.1 Å². The van der Waals surface area contributed by atoms with Crippen molar-refractivity contribution in [3.8, 4) is 5.75 Å². The van der Waals surface area contributed by atoms with Gasteiger partial charge >= 0.3 is 0 Å². The number of aromatic nitrogens is 1. The van der Waals surface area contributed by atoms with Crippen molar-refractivity contribution < 1.29 is 4.74 Å². The molecule has 0 bridgehead atoms. The number of nitrogens with zero attached hydrogens (tertiary/aromatic N) is 1. The first-order valence-corrected chi connectivity index (χ1v) is 7.40. The number of hydrogen-bond acceptors (Lipinski definition) is 4. The molecule has 1 fully saturated rings. The van der Waals surface area contributed by atoms with Gasteiger partial charge in [0.25, 0.3) is 0 Å². The van der Waals surface area contributed by atoms with Gasteiger partial charge in [0.2, 0.25) is 0 Å². The monoisotopic (exact) mass is 333 g/mol. The molecule has 1 atom stereocenters. The average Bonchev–Trinajstić information content (AvgIpc) is 3.26. The van der Waals surface area contributed by atoms with E-state index in [0.29, 0.717) is 6.10 Å². The Hall–Kier alpha value is -1.43. The zero-order valence-electron chi connectivity index (χ0n) is 10.9.